The minimum Gasteiger partial charge on any atom is -0.370 e. The molecule has 0 heterocycles. The normalized spacial score (nSPS) is 17.3. The fourth-order valence-electron chi connectivity index (χ4n) is 2.70. The van der Waals surface area contributed by atoms with Crippen molar-refractivity contribution in [3.05, 3.63) is 0 Å². The Morgan fingerprint density at radius 3 is 2.33 bits per heavy atom. The second-order valence-corrected chi connectivity index (χ2v) is 5.06. The summed E-state index contributed by atoms with van der Waals surface area (Å²) in [5.74, 6) is 1.69. The minimum atomic E-state index is 0. The highest BCUT2D eigenvalue weighted by molar-refractivity contribution is 14.0. The summed E-state index contributed by atoms with van der Waals surface area (Å²) in [4.78, 5) is 6.58. The van der Waals surface area contributed by atoms with Crippen molar-refractivity contribution in [3.8, 4) is 0 Å². The van der Waals surface area contributed by atoms with Gasteiger partial charge in [-0.3, -0.25) is 4.99 Å². The third-order valence-corrected chi connectivity index (χ3v) is 3.86. The van der Waals surface area contributed by atoms with Crippen LogP contribution in [0.15, 0.2) is 4.99 Å². The predicted molar refractivity (Wildman–Crippen MR) is 90.6 cm³/mol. The average molecular weight is 367 g/mol. The van der Waals surface area contributed by atoms with Gasteiger partial charge in [0.1, 0.15) is 0 Å². The van der Waals surface area contributed by atoms with Gasteiger partial charge in [-0.05, 0) is 32.6 Å². The van der Waals surface area contributed by atoms with Crippen LogP contribution in [-0.2, 0) is 0 Å². The predicted octanol–water partition coefficient (Wildman–Crippen LogP) is 3.62. The Morgan fingerprint density at radius 1 is 1.17 bits per heavy atom. The SMILES string of the molecule is CCN(CC)C(N)=NCCCC1CCCCC1.I. The molecule has 3 nitrogen and oxygen atoms in total. The molecule has 1 aliphatic rings. The first-order chi connectivity index (χ1) is 8.27. The molecule has 0 atom stereocenters. The van der Waals surface area contributed by atoms with Crippen LogP contribution in [0.2, 0.25) is 0 Å². The van der Waals surface area contributed by atoms with E-state index in [1.165, 1.54) is 44.9 Å². The van der Waals surface area contributed by atoms with E-state index in [0.717, 1.165) is 31.5 Å². The van der Waals surface area contributed by atoms with E-state index in [1.54, 1.807) is 0 Å². The lowest BCUT2D eigenvalue weighted by molar-refractivity contribution is 0.334. The van der Waals surface area contributed by atoms with Crippen LogP contribution in [0.5, 0.6) is 0 Å². The highest BCUT2D eigenvalue weighted by Crippen LogP contribution is 2.27. The van der Waals surface area contributed by atoms with E-state index in [-0.39, 0.29) is 24.0 Å². The fourth-order valence-corrected chi connectivity index (χ4v) is 2.70. The van der Waals surface area contributed by atoms with Gasteiger partial charge in [-0.2, -0.15) is 0 Å². The highest BCUT2D eigenvalue weighted by atomic mass is 127. The molecule has 2 N–H and O–H groups in total. The van der Waals surface area contributed by atoms with Crippen molar-refractivity contribution < 1.29 is 0 Å². The molecule has 0 radical (unpaired) electrons. The van der Waals surface area contributed by atoms with Crippen LogP contribution in [-0.4, -0.2) is 30.5 Å². The molecule has 1 fully saturated rings. The van der Waals surface area contributed by atoms with Crippen molar-refractivity contribution in [1.82, 2.24) is 4.90 Å². The van der Waals surface area contributed by atoms with E-state index in [9.17, 15) is 0 Å². The lowest BCUT2D eigenvalue weighted by Gasteiger charge is -2.21. The van der Waals surface area contributed by atoms with Gasteiger partial charge in [0, 0.05) is 19.6 Å². The highest BCUT2D eigenvalue weighted by Gasteiger charge is 2.12. The van der Waals surface area contributed by atoms with Crippen LogP contribution in [0.1, 0.15) is 58.8 Å². The molecule has 0 spiro atoms. The zero-order valence-electron chi connectivity index (χ0n) is 12.0. The number of nitrogens with zero attached hydrogens (tertiary/aromatic N) is 2. The van der Waals surface area contributed by atoms with Gasteiger partial charge >= 0.3 is 0 Å². The van der Waals surface area contributed by atoms with E-state index in [0.29, 0.717) is 0 Å². The molecule has 108 valence electrons. The van der Waals surface area contributed by atoms with Gasteiger partial charge in [0.2, 0.25) is 0 Å². The van der Waals surface area contributed by atoms with Crippen LogP contribution in [0.25, 0.3) is 0 Å². The molecule has 0 unspecified atom stereocenters. The number of aliphatic imine (C=N–C) groups is 1. The number of hydrogen-bond acceptors (Lipinski definition) is 1. The third-order valence-electron chi connectivity index (χ3n) is 3.86. The summed E-state index contributed by atoms with van der Waals surface area (Å²) >= 11 is 0. The smallest absolute Gasteiger partial charge is 0.191 e. The van der Waals surface area contributed by atoms with Gasteiger partial charge in [0.05, 0.1) is 0 Å². The molecule has 4 heteroatoms. The Kier molecular flexibility index (Phi) is 10.9. The van der Waals surface area contributed by atoms with E-state index >= 15 is 0 Å². The summed E-state index contributed by atoms with van der Waals surface area (Å²) in [7, 11) is 0. The first kappa shape index (κ1) is 18.0. The largest absolute Gasteiger partial charge is 0.370 e. The van der Waals surface area contributed by atoms with Crippen LogP contribution >= 0.6 is 24.0 Å². The van der Waals surface area contributed by atoms with Gasteiger partial charge in [0.15, 0.2) is 5.96 Å². The maximum absolute atomic E-state index is 5.93. The fraction of sp³-hybridized carbons (Fsp3) is 0.929. The summed E-state index contributed by atoms with van der Waals surface area (Å²) in [6.07, 6.45) is 9.75. The number of hydrogen-bond donors (Lipinski definition) is 1. The zero-order chi connectivity index (χ0) is 12.5. The summed E-state index contributed by atoms with van der Waals surface area (Å²) in [6, 6.07) is 0. The molecule has 0 aromatic carbocycles. The second-order valence-electron chi connectivity index (χ2n) is 5.06. The Labute approximate surface area is 130 Å². The number of rotatable bonds is 6. The number of guanidine groups is 1. The van der Waals surface area contributed by atoms with Crippen molar-refractivity contribution in [2.45, 2.75) is 58.8 Å². The quantitative estimate of drug-likeness (QED) is 0.337. The maximum Gasteiger partial charge on any atom is 0.191 e. The molecule has 18 heavy (non-hydrogen) atoms. The van der Waals surface area contributed by atoms with Gasteiger partial charge in [-0.1, -0.05) is 32.1 Å². The zero-order valence-corrected chi connectivity index (χ0v) is 14.4. The first-order valence-corrected chi connectivity index (χ1v) is 7.32. The standard InChI is InChI=1S/C14H29N3.HI/c1-3-17(4-2)14(15)16-12-8-11-13-9-6-5-7-10-13;/h13H,3-12H2,1-2H3,(H2,15,16);1H. The van der Waals surface area contributed by atoms with E-state index in [4.69, 9.17) is 5.73 Å². The Bertz CT molecular complexity index is 221. The topological polar surface area (TPSA) is 41.6 Å². The summed E-state index contributed by atoms with van der Waals surface area (Å²) in [5.41, 5.74) is 5.93. The van der Waals surface area contributed by atoms with Gasteiger partial charge in [-0.25, -0.2) is 0 Å². The molecule has 1 saturated carbocycles. The molecule has 0 aromatic heterocycles. The van der Waals surface area contributed by atoms with E-state index < -0.39 is 0 Å². The average Bonchev–Trinajstić information content (AvgIpc) is 2.37. The van der Waals surface area contributed by atoms with Crippen molar-refractivity contribution in [2.24, 2.45) is 16.6 Å². The van der Waals surface area contributed by atoms with Gasteiger partial charge in [0.25, 0.3) is 0 Å². The lowest BCUT2D eigenvalue weighted by atomic mass is 9.86. The number of nitrogens with two attached hydrogens (primary N) is 1. The van der Waals surface area contributed by atoms with Gasteiger partial charge < -0.3 is 10.6 Å². The molecular formula is C14H30IN3. The van der Waals surface area contributed by atoms with E-state index in [2.05, 4.69) is 23.7 Å². The summed E-state index contributed by atoms with van der Waals surface area (Å²) < 4.78 is 0. The molecule has 0 saturated heterocycles. The van der Waals surface area contributed by atoms with Gasteiger partial charge in [-0.15, -0.1) is 24.0 Å². The van der Waals surface area contributed by atoms with Crippen LogP contribution in [0.4, 0.5) is 0 Å². The summed E-state index contributed by atoms with van der Waals surface area (Å²) in [6.45, 7) is 7.05. The Balaban J connectivity index is 0.00000289. The van der Waals surface area contributed by atoms with Crippen LogP contribution < -0.4 is 5.73 Å². The summed E-state index contributed by atoms with van der Waals surface area (Å²) in [5, 5.41) is 0. The molecular weight excluding hydrogens is 337 g/mol. The third kappa shape index (κ3) is 6.81. The number of halogens is 1. The van der Waals surface area contributed by atoms with Crippen LogP contribution in [0, 0.1) is 5.92 Å². The lowest BCUT2D eigenvalue weighted by Crippen LogP contribution is -2.37. The maximum atomic E-state index is 5.93. The van der Waals surface area contributed by atoms with Crippen molar-refractivity contribution >= 4 is 29.9 Å². The molecule has 0 aliphatic heterocycles. The Morgan fingerprint density at radius 2 is 1.78 bits per heavy atom. The second kappa shape index (κ2) is 10.9. The molecule has 0 aromatic rings. The van der Waals surface area contributed by atoms with Crippen molar-refractivity contribution in [1.29, 1.82) is 0 Å². The Hall–Kier alpha value is 0. The first-order valence-electron chi connectivity index (χ1n) is 7.32. The minimum absolute atomic E-state index is 0. The van der Waals surface area contributed by atoms with Crippen molar-refractivity contribution in [3.63, 3.8) is 0 Å². The van der Waals surface area contributed by atoms with Crippen LogP contribution in [0.3, 0.4) is 0 Å². The molecule has 0 amide bonds. The molecule has 1 aliphatic carbocycles. The molecule has 1 rings (SSSR count). The monoisotopic (exact) mass is 367 g/mol. The van der Waals surface area contributed by atoms with Crippen molar-refractivity contribution in [2.75, 3.05) is 19.6 Å². The van der Waals surface area contributed by atoms with E-state index in [1.807, 2.05) is 0 Å². The molecule has 0 bridgehead atoms.